The zero-order chi connectivity index (χ0) is 31.0. The van der Waals surface area contributed by atoms with Gasteiger partial charge in [0.05, 0.1) is 16.1 Å². The Morgan fingerprint density at radius 1 is 1.13 bits per heavy atom. The van der Waals surface area contributed by atoms with Gasteiger partial charge in [-0.2, -0.15) is 9.97 Å². The van der Waals surface area contributed by atoms with Gasteiger partial charge in [-0.1, -0.05) is 35.7 Å². The lowest BCUT2D eigenvalue weighted by atomic mass is 9.92. The molecule has 0 amide bonds. The van der Waals surface area contributed by atoms with E-state index in [0.29, 0.717) is 53.7 Å². The molecule has 0 radical (unpaired) electrons. The molecule has 3 saturated heterocycles. The lowest BCUT2D eigenvalue weighted by Gasteiger charge is -2.35. The predicted molar refractivity (Wildman–Crippen MR) is 170 cm³/mol. The van der Waals surface area contributed by atoms with Crippen molar-refractivity contribution >= 4 is 44.8 Å². The van der Waals surface area contributed by atoms with Crippen molar-refractivity contribution in [1.82, 2.24) is 20.2 Å². The number of halogens is 4. The summed E-state index contributed by atoms with van der Waals surface area (Å²) in [6, 6.07) is 7.86. The summed E-state index contributed by atoms with van der Waals surface area (Å²) < 4.78 is 52.6. The fourth-order valence-corrected chi connectivity index (χ4v) is 8.06. The Labute approximate surface area is 263 Å². The number of nitrogen functional groups attached to an aromatic ring is 1. The lowest BCUT2D eigenvalue weighted by molar-refractivity contribution is 0.107. The molecule has 0 aliphatic carbocycles. The largest absolute Gasteiger partial charge is 0.461 e. The molecule has 0 spiro atoms. The molecule has 8 rings (SSSR count). The first-order valence-electron chi connectivity index (χ1n) is 15.1. The summed E-state index contributed by atoms with van der Waals surface area (Å²) in [5.74, 6) is 1.56. The van der Waals surface area contributed by atoms with Crippen LogP contribution in [0.3, 0.4) is 0 Å². The van der Waals surface area contributed by atoms with Gasteiger partial charge in [0, 0.05) is 60.2 Å². The average molecular weight is 631 g/mol. The number of ether oxygens (including phenoxy) is 1. The van der Waals surface area contributed by atoms with E-state index >= 15 is 4.39 Å². The van der Waals surface area contributed by atoms with Gasteiger partial charge in [-0.3, -0.25) is 4.90 Å². The second-order valence-electron chi connectivity index (χ2n) is 12.5. The summed E-state index contributed by atoms with van der Waals surface area (Å²) in [6.07, 6.45) is 11.2. The topological polar surface area (TPSA) is 79.5 Å². The van der Waals surface area contributed by atoms with Crippen molar-refractivity contribution in [3.63, 3.8) is 0 Å². The standard InChI is InChI=1S/C34H30ClF3N6O/c1-2-23-27(37)7-4-18-10-20(39)11-24(28(18)23)29-26(35)12-25-31(30(29)38)41-33(42-32(25)43-15-21-5-6-22(16-43)40-21)45-17-34-8-3-9-44(34)14-19(36)13-34/h1,4-7,10-12,19,21-22,40H,3,8-9,13-17,39H2. The highest BCUT2D eigenvalue weighted by Crippen LogP contribution is 2.44. The van der Waals surface area contributed by atoms with Gasteiger partial charge in [0.1, 0.15) is 29.9 Å². The molecular formula is C34H30ClF3N6O. The minimum absolute atomic E-state index is 0.000152. The maximum absolute atomic E-state index is 17.0. The van der Waals surface area contributed by atoms with Gasteiger partial charge < -0.3 is 20.7 Å². The summed E-state index contributed by atoms with van der Waals surface area (Å²) in [4.78, 5) is 13.6. The van der Waals surface area contributed by atoms with Crippen LogP contribution in [-0.2, 0) is 0 Å². The van der Waals surface area contributed by atoms with Crippen molar-refractivity contribution in [1.29, 1.82) is 0 Å². The van der Waals surface area contributed by atoms with Crippen LogP contribution in [0.1, 0.15) is 24.8 Å². The number of terminal acetylenes is 1. The van der Waals surface area contributed by atoms with E-state index < -0.39 is 23.3 Å². The number of piperazine rings is 1. The number of rotatable bonds is 5. The van der Waals surface area contributed by atoms with Crippen molar-refractivity contribution in [3.8, 4) is 29.5 Å². The van der Waals surface area contributed by atoms with E-state index in [2.05, 4.69) is 38.2 Å². The molecule has 5 heterocycles. The number of benzene rings is 3. The number of hydrogen-bond acceptors (Lipinski definition) is 7. The monoisotopic (exact) mass is 630 g/mol. The molecule has 45 heavy (non-hydrogen) atoms. The molecule has 3 fully saturated rings. The molecule has 3 aromatic carbocycles. The van der Waals surface area contributed by atoms with E-state index in [0.717, 1.165) is 19.4 Å². The van der Waals surface area contributed by atoms with Gasteiger partial charge in [-0.15, -0.1) is 6.42 Å². The molecule has 4 unspecified atom stereocenters. The predicted octanol–water partition coefficient (Wildman–Crippen LogP) is 5.62. The number of nitrogens with two attached hydrogens (primary N) is 1. The van der Waals surface area contributed by atoms with E-state index in [1.54, 1.807) is 24.3 Å². The number of nitrogens with zero attached hydrogens (tertiary/aromatic N) is 4. The molecule has 1 aromatic heterocycles. The van der Waals surface area contributed by atoms with E-state index in [9.17, 15) is 8.78 Å². The maximum Gasteiger partial charge on any atom is 0.319 e. The number of hydrogen-bond donors (Lipinski definition) is 2. The lowest BCUT2D eigenvalue weighted by Crippen LogP contribution is -2.52. The van der Waals surface area contributed by atoms with Crippen molar-refractivity contribution in [2.75, 3.05) is 43.4 Å². The quantitative estimate of drug-likeness (QED) is 0.168. The van der Waals surface area contributed by atoms with E-state index in [1.165, 1.54) is 6.07 Å². The first-order valence-corrected chi connectivity index (χ1v) is 15.5. The Hall–Kier alpha value is -4.04. The Bertz CT molecular complexity index is 1950. The van der Waals surface area contributed by atoms with Gasteiger partial charge in [-0.05, 0) is 54.6 Å². The second-order valence-corrected chi connectivity index (χ2v) is 12.9. The van der Waals surface area contributed by atoms with Crippen LogP contribution in [-0.4, -0.2) is 71.4 Å². The third kappa shape index (κ3) is 4.59. The molecule has 0 saturated carbocycles. The Morgan fingerprint density at radius 2 is 1.93 bits per heavy atom. The van der Waals surface area contributed by atoms with Crippen LogP contribution >= 0.6 is 11.6 Å². The van der Waals surface area contributed by atoms with Crippen LogP contribution in [0.25, 0.3) is 32.8 Å². The number of alkyl halides is 1. The highest BCUT2D eigenvalue weighted by atomic mass is 35.5. The zero-order valence-corrected chi connectivity index (χ0v) is 25.0. The molecular weight excluding hydrogens is 601 g/mol. The van der Waals surface area contributed by atoms with Crippen molar-refractivity contribution < 1.29 is 17.9 Å². The average Bonchev–Trinajstić information content (AvgIpc) is 3.66. The number of nitrogens with one attached hydrogen (secondary N) is 1. The van der Waals surface area contributed by atoms with E-state index in [1.807, 2.05) is 0 Å². The van der Waals surface area contributed by atoms with Crippen LogP contribution in [0.15, 0.2) is 42.5 Å². The summed E-state index contributed by atoms with van der Waals surface area (Å²) >= 11 is 6.88. The van der Waals surface area contributed by atoms with Gasteiger partial charge in [0.2, 0.25) is 0 Å². The summed E-state index contributed by atoms with van der Waals surface area (Å²) in [5.41, 5.74) is 6.37. The molecule has 3 N–H and O–H groups in total. The number of aromatic nitrogens is 2. The molecule has 2 bridgehead atoms. The van der Waals surface area contributed by atoms with Crippen LogP contribution < -0.4 is 20.7 Å². The van der Waals surface area contributed by atoms with E-state index in [-0.39, 0.29) is 51.9 Å². The molecule has 4 aromatic rings. The number of fused-ring (bicyclic) bond motifs is 5. The molecule has 4 atom stereocenters. The van der Waals surface area contributed by atoms with Crippen LogP contribution in [0.4, 0.5) is 24.7 Å². The second kappa shape index (κ2) is 10.5. The summed E-state index contributed by atoms with van der Waals surface area (Å²) in [6.45, 7) is 2.60. The highest BCUT2D eigenvalue weighted by Gasteiger charge is 2.49. The van der Waals surface area contributed by atoms with Gasteiger partial charge in [0.25, 0.3) is 0 Å². The molecule has 7 nitrogen and oxygen atoms in total. The van der Waals surface area contributed by atoms with E-state index in [4.69, 9.17) is 33.5 Å². The third-order valence-corrected chi connectivity index (χ3v) is 10.0. The minimum Gasteiger partial charge on any atom is -0.461 e. The van der Waals surface area contributed by atoms with Gasteiger partial charge in [-0.25, -0.2) is 13.2 Å². The third-order valence-electron chi connectivity index (χ3n) is 9.71. The molecule has 4 aliphatic rings. The number of anilines is 2. The van der Waals surface area contributed by atoms with Crippen molar-refractivity contribution in [2.24, 2.45) is 0 Å². The maximum atomic E-state index is 17.0. The van der Waals surface area contributed by atoms with Crippen molar-refractivity contribution in [3.05, 3.63) is 64.7 Å². The Morgan fingerprint density at radius 3 is 2.71 bits per heavy atom. The highest BCUT2D eigenvalue weighted by molar-refractivity contribution is 6.35. The van der Waals surface area contributed by atoms with Crippen LogP contribution in [0.2, 0.25) is 5.02 Å². The first-order chi connectivity index (χ1) is 21.7. The SMILES string of the molecule is C#Cc1c(F)ccc2cc(N)cc(-c3c(Cl)cc4c(N5CC6C=CC(C5)N6)nc(OCC56CCCN5CC(F)C6)nc4c3F)c12. The first kappa shape index (κ1) is 28.4. The molecule has 4 aliphatic heterocycles. The molecule has 230 valence electrons. The summed E-state index contributed by atoms with van der Waals surface area (Å²) in [7, 11) is 0. The zero-order valence-electron chi connectivity index (χ0n) is 24.3. The van der Waals surface area contributed by atoms with Crippen molar-refractivity contribution in [2.45, 2.75) is 43.1 Å². The van der Waals surface area contributed by atoms with Gasteiger partial charge >= 0.3 is 6.01 Å². The summed E-state index contributed by atoms with van der Waals surface area (Å²) in [5, 5.41) is 4.87. The van der Waals surface area contributed by atoms with Crippen LogP contribution in [0, 0.1) is 24.0 Å². The fourth-order valence-electron chi connectivity index (χ4n) is 7.77. The van der Waals surface area contributed by atoms with Gasteiger partial charge in [0.15, 0.2) is 5.82 Å². The smallest absolute Gasteiger partial charge is 0.319 e. The minimum atomic E-state index is -0.918. The normalized spacial score (nSPS) is 25.8. The Kier molecular flexibility index (Phi) is 6.64. The fraction of sp³-hybridized carbons (Fsp3) is 0.353. The van der Waals surface area contributed by atoms with Crippen LogP contribution in [0.5, 0.6) is 6.01 Å². The molecule has 11 heteroatoms. The Balaban J connectivity index is 1.30.